The summed E-state index contributed by atoms with van der Waals surface area (Å²) in [7, 11) is 0. The second kappa shape index (κ2) is 6.34. The van der Waals surface area contributed by atoms with Crippen molar-refractivity contribution in [3.8, 4) is 6.07 Å². The van der Waals surface area contributed by atoms with Gasteiger partial charge in [-0.1, -0.05) is 6.07 Å². The van der Waals surface area contributed by atoms with E-state index >= 15 is 0 Å². The topological polar surface area (TPSA) is 77.2 Å². The Kier molecular flexibility index (Phi) is 4.23. The molecule has 7 heteroatoms. The molecule has 0 aliphatic carbocycles. The van der Waals surface area contributed by atoms with Gasteiger partial charge in [-0.3, -0.25) is 4.79 Å². The maximum absolute atomic E-state index is 13.5. The molecule has 1 aromatic heterocycles. The van der Waals surface area contributed by atoms with Crippen molar-refractivity contribution in [1.82, 2.24) is 9.88 Å². The molecule has 122 valence electrons. The normalized spacial score (nSPS) is 20.0. The number of aromatic nitrogens is 1. The van der Waals surface area contributed by atoms with E-state index in [0.717, 1.165) is 12.1 Å². The van der Waals surface area contributed by atoms with Gasteiger partial charge in [-0.05, 0) is 36.2 Å². The van der Waals surface area contributed by atoms with E-state index in [4.69, 9.17) is 5.26 Å². The number of likely N-dealkylation sites (tertiary alicyclic amines) is 1. The summed E-state index contributed by atoms with van der Waals surface area (Å²) in [5.41, 5.74) is 0.855. The smallest absolute Gasteiger partial charge is 0.273 e. The fourth-order valence-electron chi connectivity index (χ4n) is 2.81. The predicted molar refractivity (Wildman–Crippen MR) is 79.7 cm³/mol. The molecule has 2 heterocycles. The van der Waals surface area contributed by atoms with Gasteiger partial charge in [0.2, 0.25) is 0 Å². The molecule has 1 saturated heterocycles. The van der Waals surface area contributed by atoms with E-state index in [0.29, 0.717) is 11.1 Å². The number of hydrogen-bond donors (Lipinski definition) is 1. The van der Waals surface area contributed by atoms with Gasteiger partial charge >= 0.3 is 0 Å². The Morgan fingerprint density at radius 2 is 2.08 bits per heavy atom. The van der Waals surface area contributed by atoms with E-state index in [1.165, 1.54) is 29.3 Å². The van der Waals surface area contributed by atoms with Gasteiger partial charge in [-0.25, -0.2) is 13.8 Å². The average Bonchev–Trinajstić information content (AvgIpc) is 2.98. The molecule has 1 aliphatic rings. The van der Waals surface area contributed by atoms with E-state index in [1.54, 1.807) is 0 Å². The number of amides is 1. The number of halogens is 2. The molecular weight excluding hydrogens is 316 g/mol. The number of carbonyl (C=O) groups excluding carboxylic acids is 1. The third-order valence-electron chi connectivity index (χ3n) is 3.98. The molecule has 2 aromatic rings. The molecule has 3 rings (SSSR count). The van der Waals surface area contributed by atoms with Crippen LogP contribution in [0.1, 0.15) is 34.1 Å². The van der Waals surface area contributed by atoms with E-state index in [2.05, 4.69) is 4.98 Å². The number of aliphatic hydroxyl groups excluding tert-OH is 1. The zero-order chi connectivity index (χ0) is 17.3. The molecule has 0 unspecified atom stereocenters. The Balaban J connectivity index is 1.90. The van der Waals surface area contributed by atoms with Crippen molar-refractivity contribution in [3.05, 3.63) is 65.0 Å². The molecule has 0 saturated carbocycles. The van der Waals surface area contributed by atoms with Crippen LogP contribution in [0.3, 0.4) is 0 Å². The van der Waals surface area contributed by atoms with Crippen molar-refractivity contribution in [3.63, 3.8) is 0 Å². The highest BCUT2D eigenvalue weighted by Gasteiger charge is 2.36. The van der Waals surface area contributed by atoms with Crippen molar-refractivity contribution < 1.29 is 18.7 Å². The molecular formula is C17H13F2N3O2. The lowest BCUT2D eigenvalue weighted by atomic mass is 10.0. The summed E-state index contributed by atoms with van der Waals surface area (Å²) in [6, 6.07) is 7.66. The first-order valence-electron chi connectivity index (χ1n) is 7.29. The molecule has 1 amide bonds. The summed E-state index contributed by atoms with van der Waals surface area (Å²) in [5.74, 6) is -2.41. The Bertz CT molecular complexity index is 818. The first kappa shape index (κ1) is 16.0. The molecule has 24 heavy (non-hydrogen) atoms. The number of aliphatic hydroxyl groups is 1. The molecule has 1 N–H and O–H groups in total. The first-order valence-corrected chi connectivity index (χ1v) is 7.29. The minimum Gasteiger partial charge on any atom is -0.391 e. The Labute approximate surface area is 136 Å². The number of carbonyl (C=O) groups is 1. The molecule has 1 aliphatic heterocycles. The molecule has 5 nitrogen and oxygen atoms in total. The number of pyridine rings is 1. The number of β-amino-alcohol motifs (C(OH)–C–C–N with tert-alkyl or cyclic N) is 1. The Hall–Kier alpha value is -2.85. The summed E-state index contributed by atoms with van der Waals surface area (Å²) in [6.45, 7) is 0.0736. The van der Waals surface area contributed by atoms with Gasteiger partial charge in [0.1, 0.15) is 11.8 Å². The van der Waals surface area contributed by atoms with Crippen LogP contribution in [-0.4, -0.2) is 33.5 Å². The summed E-state index contributed by atoms with van der Waals surface area (Å²) in [4.78, 5) is 18.0. The van der Waals surface area contributed by atoms with E-state index in [9.17, 15) is 18.7 Å². The lowest BCUT2D eigenvalue weighted by Gasteiger charge is -2.24. The minimum atomic E-state index is -1.00. The van der Waals surface area contributed by atoms with Crippen molar-refractivity contribution in [2.75, 3.05) is 6.54 Å². The van der Waals surface area contributed by atoms with Gasteiger partial charge in [-0.15, -0.1) is 0 Å². The second-order valence-corrected chi connectivity index (χ2v) is 5.58. The standard InChI is InChI=1S/C17H13F2N3O2/c18-13-3-2-11(5-14(13)19)16-6-12(23)9-22(16)17(24)15-4-1-10(7-20)8-21-15/h1-5,8,12,16,23H,6,9H2/t12-,16+/m1/s1. The van der Waals surface area contributed by atoms with Crippen LogP contribution in [0.2, 0.25) is 0 Å². The highest BCUT2D eigenvalue weighted by Crippen LogP contribution is 2.33. The monoisotopic (exact) mass is 329 g/mol. The maximum atomic E-state index is 13.5. The summed E-state index contributed by atoms with van der Waals surface area (Å²) < 4.78 is 26.6. The fraction of sp³-hybridized carbons (Fsp3) is 0.235. The average molecular weight is 329 g/mol. The van der Waals surface area contributed by atoms with Gasteiger partial charge in [0, 0.05) is 12.7 Å². The van der Waals surface area contributed by atoms with Crippen LogP contribution < -0.4 is 0 Å². The molecule has 1 fully saturated rings. The first-order chi connectivity index (χ1) is 11.5. The van der Waals surface area contributed by atoms with Gasteiger partial charge in [0.05, 0.1) is 17.7 Å². The van der Waals surface area contributed by atoms with E-state index in [-0.39, 0.29) is 18.7 Å². The predicted octanol–water partition coefficient (Wildman–Crippen LogP) is 2.18. The van der Waals surface area contributed by atoms with E-state index < -0.39 is 29.7 Å². The van der Waals surface area contributed by atoms with Crippen LogP contribution in [0, 0.1) is 23.0 Å². The third kappa shape index (κ3) is 2.96. The van der Waals surface area contributed by atoms with Crippen LogP contribution in [0.25, 0.3) is 0 Å². The molecule has 0 bridgehead atoms. The summed E-state index contributed by atoms with van der Waals surface area (Å²) in [6.07, 6.45) is 0.754. The number of rotatable bonds is 2. The Morgan fingerprint density at radius 3 is 2.71 bits per heavy atom. The number of hydrogen-bond acceptors (Lipinski definition) is 4. The number of nitriles is 1. The summed E-state index contributed by atoms with van der Waals surface area (Å²) in [5, 5.41) is 18.7. The van der Waals surface area contributed by atoms with Crippen LogP contribution in [0.5, 0.6) is 0 Å². The van der Waals surface area contributed by atoms with Crippen molar-refractivity contribution >= 4 is 5.91 Å². The number of nitrogens with zero attached hydrogens (tertiary/aromatic N) is 3. The highest BCUT2D eigenvalue weighted by atomic mass is 19.2. The molecule has 0 spiro atoms. The van der Waals surface area contributed by atoms with Crippen LogP contribution in [-0.2, 0) is 0 Å². The van der Waals surface area contributed by atoms with Crippen LogP contribution >= 0.6 is 0 Å². The quantitative estimate of drug-likeness (QED) is 0.916. The van der Waals surface area contributed by atoms with Gasteiger partial charge in [0.25, 0.3) is 5.91 Å². The largest absolute Gasteiger partial charge is 0.391 e. The van der Waals surface area contributed by atoms with E-state index in [1.807, 2.05) is 6.07 Å². The summed E-state index contributed by atoms with van der Waals surface area (Å²) >= 11 is 0. The maximum Gasteiger partial charge on any atom is 0.273 e. The van der Waals surface area contributed by atoms with Crippen molar-refractivity contribution in [2.45, 2.75) is 18.6 Å². The number of benzene rings is 1. The van der Waals surface area contributed by atoms with Crippen LogP contribution in [0.15, 0.2) is 36.5 Å². The minimum absolute atomic E-state index is 0.0736. The van der Waals surface area contributed by atoms with Crippen LogP contribution in [0.4, 0.5) is 8.78 Å². The second-order valence-electron chi connectivity index (χ2n) is 5.58. The fourth-order valence-corrected chi connectivity index (χ4v) is 2.81. The Morgan fingerprint density at radius 1 is 1.29 bits per heavy atom. The molecule has 2 atom stereocenters. The van der Waals surface area contributed by atoms with Gasteiger partial charge in [0.15, 0.2) is 11.6 Å². The lowest BCUT2D eigenvalue weighted by molar-refractivity contribution is 0.0709. The third-order valence-corrected chi connectivity index (χ3v) is 3.98. The van der Waals surface area contributed by atoms with Crippen molar-refractivity contribution in [1.29, 1.82) is 5.26 Å². The molecule has 0 radical (unpaired) electrons. The van der Waals surface area contributed by atoms with Crippen molar-refractivity contribution in [2.24, 2.45) is 0 Å². The lowest BCUT2D eigenvalue weighted by Crippen LogP contribution is -2.32. The van der Waals surface area contributed by atoms with Gasteiger partial charge in [-0.2, -0.15) is 5.26 Å². The molecule has 1 aromatic carbocycles. The highest BCUT2D eigenvalue weighted by molar-refractivity contribution is 5.93. The zero-order valence-corrected chi connectivity index (χ0v) is 12.5. The van der Waals surface area contributed by atoms with Gasteiger partial charge < -0.3 is 10.0 Å². The zero-order valence-electron chi connectivity index (χ0n) is 12.5. The SMILES string of the molecule is N#Cc1ccc(C(=O)N2C[C@H](O)C[C@H]2c2ccc(F)c(F)c2)nc1.